The zero-order valence-corrected chi connectivity index (χ0v) is 11.1. The van der Waals surface area contributed by atoms with Crippen LogP contribution in [0, 0.1) is 0 Å². The second-order valence-electron chi connectivity index (χ2n) is 4.42. The van der Waals surface area contributed by atoms with Gasteiger partial charge in [-0.1, -0.05) is 6.92 Å². The van der Waals surface area contributed by atoms with E-state index in [1.54, 1.807) is 7.05 Å². The standard InChI is InChI=1S/C11H17N5O3/c1-4-6(5-17)12-10-13-7-8(14-10)15(2)11(19)16(3)9(7)18/h6,17H,4-5H2,1-3H3,(H2,12,13,14)/t6-/m1/s1. The summed E-state index contributed by atoms with van der Waals surface area (Å²) in [6, 6.07) is -0.151. The van der Waals surface area contributed by atoms with E-state index in [1.807, 2.05) is 6.92 Å². The van der Waals surface area contributed by atoms with Gasteiger partial charge in [0, 0.05) is 14.1 Å². The molecule has 19 heavy (non-hydrogen) atoms. The van der Waals surface area contributed by atoms with Gasteiger partial charge in [-0.2, -0.15) is 4.98 Å². The van der Waals surface area contributed by atoms with Gasteiger partial charge in [0.2, 0.25) is 5.95 Å². The summed E-state index contributed by atoms with van der Waals surface area (Å²) < 4.78 is 2.33. The number of imidazole rings is 1. The Kier molecular flexibility index (Phi) is 3.43. The Balaban J connectivity index is 2.58. The fraction of sp³-hybridized carbons (Fsp3) is 0.545. The van der Waals surface area contributed by atoms with E-state index in [0.717, 1.165) is 4.57 Å². The van der Waals surface area contributed by atoms with Crippen molar-refractivity contribution < 1.29 is 5.11 Å². The molecule has 0 aliphatic carbocycles. The number of aryl methyl sites for hydroxylation is 1. The first kappa shape index (κ1) is 13.3. The molecule has 0 aliphatic rings. The number of hydrogen-bond donors (Lipinski definition) is 3. The highest BCUT2D eigenvalue weighted by atomic mass is 16.3. The number of nitrogens with zero attached hydrogens (tertiary/aromatic N) is 3. The molecule has 8 heteroatoms. The highest BCUT2D eigenvalue weighted by Gasteiger charge is 2.14. The van der Waals surface area contributed by atoms with E-state index in [-0.39, 0.29) is 18.2 Å². The molecule has 0 aliphatic heterocycles. The van der Waals surface area contributed by atoms with Crippen LogP contribution in [-0.2, 0) is 14.1 Å². The van der Waals surface area contributed by atoms with E-state index in [4.69, 9.17) is 5.11 Å². The van der Waals surface area contributed by atoms with Crippen LogP contribution in [0.15, 0.2) is 9.59 Å². The van der Waals surface area contributed by atoms with Crippen LogP contribution in [0.3, 0.4) is 0 Å². The quantitative estimate of drug-likeness (QED) is 0.669. The summed E-state index contributed by atoms with van der Waals surface area (Å²) in [6.07, 6.45) is 0.713. The number of aliphatic hydroxyl groups excluding tert-OH is 1. The molecule has 0 radical (unpaired) electrons. The normalized spacial score (nSPS) is 12.8. The first-order valence-electron chi connectivity index (χ1n) is 6.02. The minimum Gasteiger partial charge on any atom is -0.394 e. The molecule has 3 N–H and O–H groups in total. The molecule has 8 nitrogen and oxygen atoms in total. The van der Waals surface area contributed by atoms with E-state index in [2.05, 4.69) is 15.3 Å². The lowest BCUT2D eigenvalue weighted by molar-refractivity contribution is 0.271. The lowest BCUT2D eigenvalue weighted by Crippen LogP contribution is -2.36. The Morgan fingerprint density at radius 3 is 2.63 bits per heavy atom. The van der Waals surface area contributed by atoms with Gasteiger partial charge < -0.3 is 15.4 Å². The number of rotatable bonds is 4. The molecule has 0 amide bonds. The van der Waals surface area contributed by atoms with E-state index in [0.29, 0.717) is 18.0 Å². The third-order valence-electron chi connectivity index (χ3n) is 3.15. The largest absolute Gasteiger partial charge is 0.394 e. The topological polar surface area (TPSA) is 105 Å². The van der Waals surface area contributed by atoms with Crippen molar-refractivity contribution in [3.63, 3.8) is 0 Å². The maximum Gasteiger partial charge on any atom is 0.332 e. The molecule has 2 heterocycles. The molecule has 0 saturated carbocycles. The van der Waals surface area contributed by atoms with Gasteiger partial charge in [0.25, 0.3) is 5.56 Å². The number of fused-ring (bicyclic) bond motifs is 1. The molecular formula is C11H17N5O3. The average Bonchev–Trinajstić information content (AvgIpc) is 2.84. The molecule has 1 atom stereocenters. The molecule has 0 unspecified atom stereocenters. The van der Waals surface area contributed by atoms with Crippen LogP contribution < -0.4 is 16.6 Å². The third-order valence-corrected chi connectivity index (χ3v) is 3.15. The molecule has 0 saturated heterocycles. The fourth-order valence-electron chi connectivity index (χ4n) is 1.86. The maximum absolute atomic E-state index is 11.9. The summed E-state index contributed by atoms with van der Waals surface area (Å²) in [5.41, 5.74) is -0.288. The predicted octanol–water partition coefficient (Wildman–Crippen LogP) is -0.857. The number of aromatic nitrogens is 4. The van der Waals surface area contributed by atoms with Crippen LogP contribution >= 0.6 is 0 Å². The Morgan fingerprint density at radius 1 is 1.37 bits per heavy atom. The number of aliphatic hydroxyl groups is 1. The summed E-state index contributed by atoms with van der Waals surface area (Å²) in [5.74, 6) is 0.370. The van der Waals surface area contributed by atoms with E-state index >= 15 is 0 Å². The van der Waals surface area contributed by atoms with Crippen molar-refractivity contribution in [2.45, 2.75) is 19.4 Å². The third kappa shape index (κ3) is 2.14. The van der Waals surface area contributed by atoms with Crippen molar-refractivity contribution in [1.29, 1.82) is 0 Å². The summed E-state index contributed by atoms with van der Waals surface area (Å²) in [7, 11) is 2.97. The smallest absolute Gasteiger partial charge is 0.332 e. The average molecular weight is 267 g/mol. The summed E-state index contributed by atoms with van der Waals surface area (Å²) in [5, 5.41) is 12.1. The molecule has 104 valence electrons. The van der Waals surface area contributed by atoms with Crippen molar-refractivity contribution in [3.05, 3.63) is 20.8 Å². The SMILES string of the molecule is CC[C@H](CO)Nc1nc2c([nH]1)c(=O)n(C)c(=O)n2C. The second kappa shape index (κ2) is 4.88. The highest BCUT2D eigenvalue weighted by molar-refractivity contribution is 5.72. The summed E-state index contributed by atoms with van der Waals surface area (Å²) in [4.78, 5) is 30.7. The van der Waals surface area contributed by atoms with Gasteiger partial charge in [0.05, 0.1) is 12.6 Å². The fourth-order valence-corrected chi connectivity index (χ4v) is 1.86. The Labute approximate surface area is 108 Å². The highest BCUT2D eigenvalue weighted by Crippen LogP contribution is 2.10. The van der Waals surface area contributed by atoms with Crippen LogP contribution in [-0.4, -0.2) is 36.9 Å². The summed E-state index contributed by atoms with van der Waals surface area (Å²) >= 11 is 0. The second-order valence-corrected chi connectivity index (χ2v) is 4.42. The van der Waals surface area contributed by atoms with Gasteiger partial charge in [0.15, 0.2) is 11.2 Å². The van der Waals surface area contributed by atoms with Crippen molar-refractivity contribution in [2.24, 2.45) is 14.1 Å². The van der Waals surface area contributed by atoms with Gasteiger partial charge in [0.1, 0.15) is 0 Å². The van der Waals surface area contributed by atoms with Crippen LogP contribution in [0.2, 0.25) is 0 Å². The molecule has 2 rings (SSSR count). The van der Waals surface area contributed by atoms with E-state index < -0.39 is 11.2 Å². The summed E-state index contributed by atoms with van der Waals surface area (Å²) in [6.45, 7) is 1.88. The molecule has 0 fully saturated rings. The first-order valence-corrected chi connectivity index (χ1v) is 6.02. The van der Waals surface area contributed by atoms with Crippen molar-refractivity contribution in [2.75, 3.05) is 11.9 Å². The van der Waals surface area contributed by atoms with Crippen LogP contribution in [0.4, 0.5) is 5.95 Å². The van der Waals surface area contributed by atoms with Gasteiger partial charge in [-0.05, 0) is 6.42 Å². The van der Waals surface area contributed by atoms with Gasteiger partial charge >= 0.3 is 5.69 Å². The minimum atomic E-state index is -0.426. The Bertz CT molecular complexity index is 707. The molecule has 0 spiro atoms. The Hall–Kier alpha value is -2.09. The molecule has 0 aromatic carbocycles. The monoisotopic (exact) mass is 267 g/mol. The number of anilines is 1. The van der Waals surface area contributed by atoms with Gasteiger partial charge in [-0.15, -0.1) is 0 Å². The van der Waals surface area contributed by atoms with E-state index in [9.17, 15) is 9.59 Å². The molecular weight excluding hydrogens is 250 g/mol. The lowest BCUT2D eigenvalue weighted by atomic mass is 10.2. The molecule has 2 aromatic rings. The van der Waals surface area contributed by atoms with Crippen LogP contribution in [0.5, 0.6) is 0 Å². The number of nitrogens with one attached hydrogen (secondary N) is 2. The number of H-pyrrole nitrogens is 1. The number of aromatic amines is 1. The van der Waals surface area contributed by atoms with Crippen molar-refractivity contribution >= 4 is 17.1 Å². The van der Waals surface area contributed by atoms with Crippen molar-refractivity contribution in [1.82, 2.24) is 19.1 Å². The molecule has 0 bridgehead atoms. The zero-order valence-electron chi connectivity index (χ0n) is 11.1. The maximum atomic E-state index is 11.9. The van der Waals surface area contributed by atoms with Crippen LogP contribution in [0.25, 0.3) is 11.2 Å². The van der Waals surface area contributed by atoms with E-state index in [1.165, 1.54) is 11.6 Å². The molecule has 2 aromatic heterocycles. The van der Waals surface area contributed by atoms with Crippen molar-refractivity contribution in [3.8, 4) is 0 Å². The lowest BCUT2D eigenvalue weighted by Gasteiger charge is -2.11. The van der Waals surface area contributed by atoms with Gasteiger partial charge in [-0.25, -0.2) is 4.79 Å². The first-order chi connectivity index (χ1) is 8.99. The predicted molar refractivity (Wildman–Crippen MR) is 71.4 cm³/mol. The number of hydrogen-bond acceptors (Lipinski definition) is 5. The van der Waals surface area contributed by atoms with Crippen LogP contribution in [0.1, 0.15) is 13.3 Å². The minimum absolute atomic E-state index is 0.0372. The Morgan fingerprint density at radius 2 is 2.05 bits per heavy atom. The zero-order chi connectivity index (χ0) is 14.2. The van der Waals surface area contributed by atoms with Gasteiger partial charge in [-0.3, -0.25) is 13.9 Å².